The molecule has 0 spiro atoms. The van der Waals surface area contributed by atoms with Gasteiger partial charge in [0.15, 0.2) is 17.3 Å². The molecule has 2 aromatic heterocycles. The number of aromatic nitrogens is 4. The molecule has 0 saturated heterocycles. The van der Waals surface area contributed by atoms with Crippen LogP contribution in [0.4, 0.5) is 0 Å². The van der Waals surface area contributed by atoms with Gasteiger partial charge in [0.25, 0.3) is 5.91 Å². The lowest BCUT2D eigenvalue weighted by Gasteiger charge is -2.21. The van der Waals surface area contributed by atoms with Gasteiger partial charge in [-0.2, -0.15) is 0 Å². The second-order valence-electron chi connectivity index (χ2n) is 7.38. The number of carbonyl (C=O) groups excluding carboxylic acids is 1. The summed E-state index contributed by atoms with van der Waals surface area (Å²) >= 11 is 6.56. The van der Waals surface area contributed by atoms with Gasteiger partial charge in [0.2, 0.25) is 0 Å². The molecule has 3 aromatic rings. The van der Waals surface area contributed by atoms with Crippen LogP contribution in [0.2, 0.25) is 5.02 Å². The molecule has 1 aliphatic heterocycles. The number of amides is 1. The summed E-state index contributed by atoms with van der Waals surface area (Å²) in [6, 6.07) is 9.07. The van der Waals surface area contributed by atoms with Crippen molar-refractivity contribution in [1.82, 2.24) is 30.0 Å². The molecule has 32 heavy (non-hydrogen) atoms. The summed E-state index contributed by atoms with van der Waals surface area (Å²) in [7, 11) is 3.17. The number of ether oxygens (including phenoxy) is 2. The maximum Gasteiger partial charge on any atom is 0.270 e. The van der Waals surface area contributed by atoms with E-state index in [2.05, 4.69) is 30.0 Å². The Morgan fingerprint density at radius 1 is 1.12 bits per heavy atom. The second kappa shape index (κ2) is 9.97. The van der Waals surface area contributed by atoms with Gasteiger partial charge in [-0.1, -0.05) is 23.7 Å². The number of fused-ring (bicyclic) bond motifs is 1. The van der Waals surface area contributed by atoms with Crippen LogP contribution in [0, 0.1) is 0 Å². The lowest BCUT2D eigenvalue weighted by molar-refractivity contribution is 0.0944. The molecular formula is C22H25ClN6O3. The molecule has 4 rings (SSSR count). The van der Waals surface area contributed by atoms with E-state index >= 15 is 0 Å². The number of halogens is 1. The molecule has 0 bridgehead atoms. The Balaban J connectivity index is 1.40. The lowest BCUT2D eigenvalue weighted by Crippen LogP contribution is -2.28. The number of nitrogens with one attached hydrogen (secondary N) is 1. The van der Waals surface area contributed by atoms with E-state index in [1.165, 1.54) is 0 Å². The first kappa shape index (κ1) is 22.0. The van der Waals surface area contributed by atoms with Crippen molar-refractivity contribution in [2.75, 3.05) is 27.3 Å². The zero-order chi connectivity index (χ0) is 22.5. The molecule has 1 N–H and O–H groups in total. The molecule has 10 heteroatoms. The maximum absolute atomic E-state index is 12.3. The van der Waals surface area contributed by atoms with Crippen LogP contribution >= 0.6 is 11.6 Å². The third kappa shape index (κ3) is 4.68. The first-order valence-electron chi connectivity index (χ1n) is 10.3. The second-order valence-corrected chi connectivity index (χ2v) is 7.76. The molecular weight excluding hydrogens is 432 g/mol. The van der Waals surface area contributed by atoms with E-state index in [9.17, 15) is 4.79 Å². The third-order valence-electron chi connectivity index (χ3n) is 5.46. The molecule has 168 valence electrons. The Kier molecular flexibility index (Phi) is 6.87. The largest absolute Gasteiger partial charge is 0.493 e. The number of pyridine rings is 1. The zero-order valence-corrected chi connectivity index (χ0v) is 18.8. The van der Waals surface area contributed by atoms with Gasteiger partial charge in [0.1, 0.15) is 11.5 Å². The van der Waals surface area contributed by atoms with E-state index in [1.807, 2.05) is 12.1 Å². The van der Waals surface area contributed by atoms with Crippen molar-refractivity contribution in [2.24, 2.45) is 0 Å². The molecule has 0 radical (unpaired) electrons. The third-order valence-corrected chi connectivity index (χ3v) is 5.87. The quantitative estimate of drug-likeness (QED) is 0.583. The normalized spacial score (nSPS) is 13.8. The number of nitrogens with zero attached hydrogens (tertiary/aromatic N) is 5. The minimum Gasteiger partial charge on any atom is -0.493 e. The minimum atomic E-state index is -0.235. The SMILES string of the molecule is COc1ccc(CN2CCc3nnc(CNC(=O)c4ccccn4)n3CC2)c(Cl)c1OC. The van der Waals surface area contributed by atoms with Gasteiger partial charge in [-0.3, -0.25) is 14.7 Å². The van der Waals surface area contributed by atoms with Gasteiger partial charge < -0.3 is 19.4 Å². The summed E-state index contributed by atoms with van der Waals surface area (Å²) < 4.78 is 12.8. The van der Waals surface area contributed by atoms with Gasteiger partial charge in [-0.15, -0.1) is 10.2 Å². The highest BCUT2D eigenvalue weighted by molar-refractivity contribution is 6.33. The lowest BCUT2D eigenvalue weighted by atomic mass is 10.1. The Hall–Kier alpha value is -3.17. The van der Waals surface area contributed by atoms with Crippen LogP contribution in [-0.2, 0) is 26.1 Å². The highest BCUT2D eigenvalue weighted by Gasteiger charge is 2.21. The first-order chi connectivity index (χ1) is 15.6. The molecule has 0 saturated carbocycles. The topological polar surface area (TPSA) is 94.4 Å². The van der Waals surface area contributed by atoms with Gasteiger partial charge >= 0.3 is 0 Å². The fraction of sp³-hybridized carbons (Fsp3) is 0.364. The van der Waals surface area contributed by atoms with Crippen LogP contribution in [0.15, 0.2) is 36.5 Å². The average Bonchev–Trinajstić information content (AvgIpc) is 3.10. The van der Waals surface area contributed by atoms with E-state index in [1.54, 1.807) is 38.6 Å². The number of hydrogen-bond acceptors (Lipinski definition) is 7. The fourth-order valence-electron chi connectivity index (χ4n) is 3.76. The molecule has 9 nitrogen and oxygen atoms in total. The van der Waals surface area contributed by atoms with E-state index in [-0.39, 0.29) is 5.91 Å². The van der Waals surface area contributed by atoms with Gasteiger partial charge in [-0.05, 0) is 23.8 Å². The highest BCUT2D eigenvalue weighted by atomic mass is 35.5. The van der Waals surface area contributed by atoms with E-state index in [0.29, 0.717) is 35.3 Å². The molecule has 0 atom stereocenters. The van der Waals surface area contributed by atoms with Gasteiger partial charge in [-0.25, -0.2) is 0 Å². The van der Waals surface area contributed by atoms with E-state index in [4.69, 9.17) is 21.1 Å². The molecule has 0 unspecified atom stereocenters. The van der Waals surface area contributed by atoms with Crippen molar-refractivity contribution in [3.05, 3.63) is 64.5 Å². The van der Waals surface area contributed by atoms with Crippen molar-refractivity contribution in [3.63, 3.8) is 0 Å². The van der Waals surface area contributed by atoms with Crippen LogP contribution in [0.25, 0.3) is 0 Å². The van der Waals surface area contributed by atoms with Crippen molar-refractivity contribution in [1.29, 1.82) is 0 Å². The summed E-state index contributed by atoms with van der Waals surface area (Å²) in [4.78, 5) is 18.7. The predicted molar refractivity (Wildman–Crippen MR) is 119 cm³/mol. The summed E-state index contributed by atoms with van der Waals surface area (Å²) in [5.41, 5.74) is 1.35. The molecule has 1 amide bonds. The number of benzene rings is 1. The predicted octanol–water partition coefficient (Wildman–Crippen LogP) is 2.33. The van der Waals surface area contributed by atoms with Crippen LogP contribution in [0.3, 0.4) is 0 Å². The summed E-state index contributed by atoms with van der Waals surface area (Å²) in [5.74, 6) is 2.56. The van der Waals surface area contributed by atoms with Crippen LogP contribution < -0.4 is 14.8 Å². The highest BCUT2D eigenvalue weighted by Crippen LogP contribution is 2.37. The molecule has 1 aromatic carbocycles. The first-order valence-corrected chi connectivity index (χ1v) is 10.7. The van der Waals surface area contributed by atoms with Crippen molar-refractivity contribution in [2.45, 2.75) is 26.1 Å². The van der Waals surface area contributed by atoms with E-state index in [0.717, 1.165) is 43.3 Å². The molecule has 0 fully saturated rings. The Morgan fingerprint density at radius 3 is 2.75 bits per heavy atom. The molecule has 1 aliphatic rings. The zero-order valence-electron chi connectivity index (χ0n) is 18.0. The monoisotopic (exact) mass is 456 g/mol. The standard InChI is InChI=1S/C22H25ClN6O3/c1-31-17-7-6-15(20(23)21(17)32-2)14-28-10-8-18-26-27-19(29(18)12-11-28)13-25-22(30)16-5-3-4-9-24-16/h3-7,9H,8,10-14H2,1-2H3,(H,25,30). The Morgan fingerprint density at radius 2 is 2.00 bits per heavy atom. The number of methoxy groups -OCH3 is 2. The maximum atomic E-state index is 12.3. The average molecular weight is 457 g/mol. The van der Waals surface area contributed by atoms with Crippen molar-refractivity contribution in [3.8, 4) is 11.5 Å². The van der Waals surface area contributed by atoms with E-state index < -0.39 is 0 Å². The summed E-state index contributed by atoms with van der Waals surface area (Å²) in [5, 5.41) is 12.0. The van der Waals surface area contributed by atoms with Crippen molar-refractivity contribution < 1.29 is 14.3 Å². The van der Waals surface area contributed by atoms with Crippen LogP contribution in [0.5, 0.6) is 11.5 Å². The summed E-state index contributed by atoms with van der Waals surface area (Å²) in [6.45, 7) is 3.33. The van der Waals surface area contributed by atoms with Gasteiger partial charge in [0, 0.05) is 38.8 Å². The van der Waals surface area contributed by atoms with Gasteiger partial charge in [0.05, 0.1) is 25.8 Å². The number of carbonyl (C=O) groups is 1. The summed E-state index contributed by atoms with van der Waals surface area (Å²) in [6.07, 6.45) is 2.35. The molecule has 0 aliphatic carbocycles. The van der Waals surface area contributed by atoms with Crippen molar-refractivity contribution >= 4 is 17.5 Å². The van der Waals surface area contributed by atoms with Crippen LogP contribution in [0.1, 0.15) is 27.7 Å². The Labute approximate surface area is 191 Å². The molecule has 3 heterocycles. The number of rotatable bonds is 7. The Bertz CT molecular complexity index is 1090. The number of hydrogen-bond donors (Lipinski definition) is 1. The fourth-order valence-corrected chi connectivity index (χ4v) is 4.05. The smallest absolute Gasteiger partial charge is 0.270 e. The minimum absolute atomic E-state index is 0.235. The van der Waals surface area contributed by atoms with Crippen LogP contribution in [-0.4, -0.2) is 57.9 Å².